The second kappa shape index (κ2) is 8.60. The quantitative estimate of drug-likeness (QED) is 0.442. The Morgan fingerprint density at radius 1 is 1.03 bits per heavy atom. The first-order chi connectivity index (χ1) is 14.6. The summed E-state index contributed by atoms with van der Waals surface area (Å²) in [5.74, 6) is 1.83. The third-order valence-corrected chi connectivity index (χ3v) is 4.47. The summed E-state index contributed by atoms with van der Waals surface area (Å²) < 4.78 is 14.7. The Kier molecular flexibility index (Phi) is 5.56. The molecular formula is C22H22N6O2. The lowest BCUT2D eigenvalue weighted by Crippen LogP contribution is -2.06. The van der Waals surface area contributed by atoms with Gasteiger partial charge in [0, 0.05) is 5.69 Å². The van der Waals surface area contributed by atoms with Crippen LogP contribution >= 0.6 is 0 Å². The largest absolute Gasteiger partial charge is 0.493 e. The van der Waals surface area contributed by atoms with Crippen molar-refractivity contribution in [2.45, 2.75) is 20.5 Å². The smallest absolute Gasteiger partial charge is 0.273 e. The van der Waals surface area contributed by atoms with E-state index in [1.54, 1.807) is 22.7 Å². The van der Waals surface area contributed by atoms with Crippen molar-refractivity contribution in [1.82, 2.24) is 24.7 Å². The van der Waals surface area contributed by atoms with Crippen molar-refractivity contribution in [2.75, 3.05) is 7.11 Å². The van der Waals surface area contributed by atoms with Gasteiger partial charge in [-0.3, -0.25) is 0 Å². The van der Waals surface area contributed by atoms with E-state index in [0.717, 1.165) is 22.5 Å². The highest BCUT2D eigenvalue weighted by molar-refractivity contribution is 5.80. The molecule has 0 aliphatic heterocycles. The van der Waals surface area contributed by atoms with Crippen LogP contribution in [0.2, 0.25) is 0 Å². The van der Waals surface area contributed by atoms with E-state index in [9.17, 15) is 0 Å². The van der Waals surface area contributed by atoms with Gasteiger partial charge in [-0.15, -0.1) is 10.2 Å². The Balaban J connectivity index is 1.52. The van der Waals surface area contributed by atoms with Gasteiger partial charge in [0.05, 0.1) is 19.0 Å². The first-order valence-corrected chi connectivity index (χ1v) is 9.47. The molecule has 8 nitrogen and oxygen atoms in total. The van der Waals surface area contributed by atoms with Gasteiger partial charge in [0.2, 0.25) is 0 Å². The van der Waals surface area contributed by atoms with Crippen molar-refractivity contribution in [2.24, 2.45) is 5.10 Å². The molecule has 30 heavy (non-hydrogen) atoms. The molecule has 0 amide bonds. The first-order valence-electron chi connectivity index (χ1n) is 9.47. The number of ether oxygens (including phenoxy) is 2. The van der Waals surface area contributed by atoms with Crippen LogP contribution in [-0.2, 0) is 6.61 Å². The lowest BCUT2D eigenvalue weighted by atomic mass is 10.2. The van der Waals surface area contributed by atoms with Gasteiger partial charge in [0.1, 0.15) is 12.9 Å². The van der Waals surface area contributed by atoms with Crippen LogP contribution in [0.25, 0.3) is 5.95 Å². The van der Waals surface area contributed by atoms with Gasteiger partial charge < -0.3 is 9.47 Å². The highest BCUT2D eigenvalue weighted by Crippen LogP contribution is 2.28. The zero-order valence-electron chi connectivity index (χ0n) is 17.1. The van der Waals surface area contributed by atoms with Gasteiger partial charge in [-0.2, -0.15) is 14.9 Å². The molecule has 0 saturated carbocycles. The predicted molar refractivity (Wildman–Crippen MR) is 113 cm³/mol. The van der Waals surface area contributed by atoms with E-state index >= 15 is 0 Å². The third-order valence-electron chi connectivity index (χ3n) is 4.47. The molecule has 2 aromatic heterocycles. The van der Waals surface area contributed by atoms with Crippen molar-refractivity contribution in [1.29, 1.82) is 0 Å². The number of rotatable bonds is 7. The molecule has 0 aliphatic carbocycles. The summed E-state index contributed by atoms with van der Waals surface area (Å²) >= 11 is 0. The molecule has 0 aliphatic rings. The summed E-state index contributed by atoms with van der Waals surface area (Å²) in [6, 6.07) is 17.6. The number of aromatic nitrogens is 5. The van der Waals surface area contributed by atoms with Crippen molar-refractivity contribution in [3.63, 3.8) is 0 Å². The maximum atomic E-state index is 5.91. The van der Waals surface area contributed by atoms with Crippen LogP contribution in [0.1, 0.15) is 22.5 Å². The Labute approximate surface area is 174 Å². The number of nitrogens with zero attached hydrogens (tertiary/aromatic N) is 6. The average molecular weight is 402 g/mol. The molecular weight excluding hydrogens is 380 g/mol. The van der Waals surface area contributed by atoms with E-state index < -0.39 is 0 Å². The molecule has 8 heteroatoms. The van der Waals surface area contributed by atoms with Gasteiger partial charge >= 0.3 is 0 Å². The minimum Gasteiger partial charge on any atom is -0.493 e. The Morgan fingerprint density at radius 2 is 1.87 bits per heavy atom. The van der Waals surface area contributed by atoms with Gasteiger partial charge in [-0.25, -0.2) is 4.68 Å². The Morgan fingerprint density at radius 3 is 2.60 bits per heavy atom. The second-order valence-electron chi connectivity index (χ2n) is 6.74. The minimum atomic E-state index is 0.470. The average Bonchev–Trinajstić information content (AvgIpc) is 3.36. The van der Waals surface area contributed by atoms with Crippen molar-refractivity contribution >= 4 is 6.21 Å². The highest BCUT2D eigenvalue weighted by atomic mass is 16.5. The van der Waals surface area contributed by atoms with Crippen LogP contribution < -0.4 is 9.47 Å². The molecule has 4 rings (SSSR count). The van der Waals surface area contributed by atoms with E-state index in [0.29, 0.717) is 24.1 Å². The van der Waals surface area contributed by atoms with Crippen LogP contribution in [0.15, 0.2) is 66.0 Å². The van der Waals surface area contributed by atoms with Crippen LogP contribution in [-0.4, -0.2) is 38.0 Å². The third kappa shape index (κ3) is 4.22. The summed E-state index contributed by atoms with van der Waals surface area (Å²) in [4.78, 5) is 0. The SMILES string of the molecule is COc1cc(/C=N\n2cnnc2-n2nc(C)cc2C)ccc1OCc1ccccc1. The zero-order valence-corrected chi connectivity index (χ0v) is 17.1. The number of hydrogen-bond donors (Lipinski definition) is 0. The molecule has 0 atom stereocenters. The summed E-state index contributed by atoms with van der Waals surface area (Å²) in [7, 11) is 1.62. The Bertz CT molecular complexity index is 1160. The predicted octanol–water partition coefficient (Wildman–Crippen LogP) is 3.55. The maximum absolute atomic E-state index is 5.91. The molecule has 0 radical (unpaired) electrons. The first kappa shape index (κ1) is 19.4. The number of methoxy groups -OCH3 is 1. The van der Waals surface area contributed by atoms with Crippen LogP contribution in [0, 0.1) is 13.8 Å². The van der Waals surface area contributed by atoms with Crippen molar-refractivity contribution in [3.05, 3.63) is 83.4 Å². The summed E-state index contributed by atoms with van der Waals surface area (Å²) in [5.41, 5.74) is 3.81. The summed E-state index contributed by atoms with van der Waals surface area (Å²) in [6.07, 6.45) is 3.25. The second-order valence-corrected chi connectivity index (χ2v) is 6.74. The lowest BCUT2D eigenvalue weighted by molar-refractivity contribution is 0.284. The molecule has 2 aromatic carbocycles. The molecule has 0 fully saturated rings. The maximum Gasteiger partial charge on any atom is 0.273 e. The van der Waals surface area contributed by atoms with E-state index in [4.69, 9.17) is 9.47 Å². The number of aryl methyl sites for hydroxylation is 2. The fourth-order valence-corrected chi connectivity index (χ4v) is 3.02. The zero-order chi connectivity index (χ0) is 20.9. The lowest BCUT2D eigenvalue weighted by Gasteiger charge is -2.11. The molecule has 0 bridgehead atoms. The van der Waals surface area contributed by atoms with Crippen LogP contribution in [0.3, 0.4) is 0 Å². The fraction of sp³-hybridized carbons (Fsp3) is 0.182. The number of benzene rings is 2. The molecule has 0 spiro atoms. The van der Waals surface area contributed by atoms with E-state index in [2.05, 4.69) is 20.4 Å². The van der Waals surface area contributed by atoms with E-state index in [1.807, 2.05) is 68.4 Å². The normalized spacial score (nSPS) is 11.2. The van der Waals surface area contributed by atoms with Gasteiger partial charge in [-0.05, 0) is 49.2 Å². The fourth-order valence-electron chi connectivity index (χ4n) is 3.02. The van der Waals surface area contributed by atoms with Crippen molar-refractivity contribution < 1.29 is 9.47 Å². The standard InChI is InChI=1S/C22H22N6O2/c1-16-11-17(2)28(26-16)22-25-23-15-27(22)24-13-19-9-10-20(21(12-19)29-3)30-14-18-7-5-4-6-8-18/h4-13,15H,14H2,1-3H3/b24-13-. The minimum absolute atomic E-state index is 0.470. The summed E-state index contributed by atoms with van der Waals surface area (Å²) in [6.45, 7) is 4.36. The summed E-state index contributed by atoms with van der Waals surface area (Å²) in [5, 5.41) is 17.0. The van der Waals surface area contributed by atoms with Gasteiger partial charge in [-0.1, -0.05) is 30.3 Å². The molecule has 2 heterocycles. The Hall–Kier alpha value is -3.94. The molecule has 152 valence electrons. The van der Waals surface area contributed by atoms with Crippen LogP contribution in [0.5, 0.6) is 11.5 Å². The monoisotopic (exact) mass is 402 g/mol. The molecule has 0 saturated heterocycles. The topological polar surface area (TPSA) is 79.4 Å². The van der Waals surface area contributed by atoms with E-state index in [1.165, 1.54) is 6.33 Å². The van der Waals surface area contributed by atoms with Crippen molar-refractivity contribution in [3.8, 4) is 17.4 Å². The van der Waals surface area contributed by atoms with Crippen LogP contribution in [0.4, 0.5) is 0 Å². The molecule has 0 N–H and O–H groups in total. The number of hydrogen-bond acceptors (Lipinski definition) is 6. The molecule has 0 unspecified atom stereocenters. The highest BCUT2D eigenvalue weighted by Gasteiger charge is 2.11. The van der Waals surface area contributed by atoms with Gasteiger partial charge in [0.25, 0.3) is 5.95 Å². The molecule has 4 aromatic rings. The van der Waals surface area contributed by atoms with E-state index in [-0.39, 0.29) is 0 Å². The van der Waals surface area contributed by atoms with Gasteiger partial charge in [0.15, 0.2) is 11.5 Å².